The van der Waals surface area contributed by atoms with Gasteiger partial charge in [0, 0.05) is 36.1 Å². The lowest BCUT2D eigenvalue weighted by atomic mass is 10.0. The Hall–Kier alpha value is -4.55. The lowest BCUT2D eigenvalue weighted by molar-refractivity contribution is -0.384. The second-order valence-electron chi connectivity index (χ2n) is 9.85. The molecule has 0 fully saturated rings. The summed E-state index contributed by atoms with van der Waals surface area (Å²) in [5.41, 5.74) is 1.13. The third-order valence-electron chi connectivity index (χ3n) is 6.80. The van der Waals surface area contributed by atoms with Gasteiger partial charge in [0.1, 0.15) is 12.6 Å². The Labute approximate surface area is 264 Å². The minimum absolute atomic E-state index is 0.00106. The second kappa shape index (κ2) is 14.8. The number of halogens is 1. The topological polar surface area (TPSA) is 130 Å². The van der Waals surface area contributed by atoms with Crippen LogP contribution in [0.4, 0.5) is 11.4 Å². The van der Waals surface area contributed by atoms with Gasteiger partial charge >= 0.3 is 0 Å². The summed E-state index contributed by atoms with van der Waals surface area (Å²) in [5, 5.41) is 14.4. The van der Waals surface area contributed by atoms with Gasteiger partial charge in [-0.2, -0.15) is 0 Å². The molecule has 4 rings (SSSR count). The Balaban J connectivity index is 1.82. The number of hydrogen-bond donors (Lipinski definition) is 1. The molecule has 2 amide bonds. The maximum Gasteiger partial charge on any atom is 0.271 e. The lowest BCUT2D eigenvalue weighted by Gasteiger charge is -2.33. The SMILES string of the molecule is CCNC(=O)[C@@H](Cc1ccccc1)N(Cc1cccc(Br)c1)C(=O)CN(c1cccc([N+](=O)[O-])c1)S(=O)(=O)c1ccccc1. The zero-order chi connectivity index (χ0) is 31.7. The first-order valence-corrected chi connectivity index (χ1v) is 16.0. The van der Waals surface area contributed by atoms with Crippen molar-refractivity contribution in [2.24, 2.45) is 0 Å². The first-order valence-electron chi connectivity index (χ1n) is 13.8. The number of hydrogen-bond acceptors (Lipinski definition) is 6. The van der Waals surface area contributed by atoms with Gasteiger partial charge in [-0.3, -0.25) is 24.0 Å². The number of sulfonamides is 1. The summed E-state index contributed by atoms with van der Waals surface area (Å²) in [7, 11) is -4.36. The van der Waals surface area contributed by atoms with E-state index < -0.39 is 39.3 Å². The fourth-order valence-corrected chi connectivity index (χ4v) is 6.56. The fourth-order valence-electron chi connectivity index (χ4n) is 4.69. The molecule has 0 aliphatic rings. The third kappa shape index (κ3) is 8.08. The maximum atomic E-state index is 14.3. The molecule has 12 heteroatoms. The smallest absolute Gasteiger partial charge is 0.271 e. The number of rotatable bonds is 13. The Morgan fingerprint density at radius 1 is 0.886 bits per heavy atom. The zero-order valence-electron chi connectivity index (χ0n) is 23.9. The van der Waals surface area contributed by atoms with Crippen molar-refractivity contribution >= 4 is 49.1 Å². The van der Waals surface area contributed by atoms with Crippen molar-refractivity contribution in [2.45, 2.75) is 30.8 Å². The van der Waals surface area contributed by atoms with Crippen molar-refractivity contribution in [3.63, 3.8) is 0 Å². The Morgan fingerprint density at radius 3 is 2.16 bits per heavy atom. The van der Waals surface area contributed by atoms with Crippen LogP contribution < -0.4 is 9.62 Å². The number of anilines is 1. The molecule has 44 heavy (non-hydrogen) atoms. The highest BCUT2D eigenvalue weighted by atomic mass is 79.9. The van der Waals surface area contributed by atoms with Crippen molar-refractivity contribution in [3.05, 3.63) is 135 Å². The highest BCUT2D eigenvalue weighted by Crippen LogP contribution is 2.28. The average molecular weight is 680 g/mol. The van der Waals surface area contributed by atoms with Crippen molar-refractivity contribution < 1.29 is 22.9 Å². The van der Waals surface area contributed by atoms with Gasteiger partial charge in [-0.25, -0.2) is 8.42 Å². The number of carbonyl (C=O) groups excluding carboxylic acids is 2. The van der Waals surface area contributed by atoms with Crippen molar-refractivity contribution in [3.8, 4) is 0 Å². The number of amides is 2. The molecule has 4 aromatic carbocycles. The van der Waals surface area contributed by atoms with E-state index in [4.69, 9.17) is 0 Å². The molecule has 0 bridgehead atoms. The molecule has 0 heterocycles. The van der Waals surface area contributed by atoms with Crippen LogP contribution in [0.2, 0.25) is 0 Å². The lowest BCUT2D eigenvalue weighted by Crippen LogP contribution is -2.53. The molecular formula is C32H31BrN4O6S. The van der Waals surface area contributed by atoms with E-state index in [-0.39, 0.29) is 29.2 Å². The Morgan fingerprint density at radius 2 is 1.52 bits per heavy atom. The van der Waals surface area contributed by atoms with E-state index in [1.54, 1.807) is 37.3 Å². The summed E-state index contributed by atoms with van der Waals surface area (Å²) >= 11 is 3.45. The van der Waals surface area contributed by atoms with Crippen LogP contribution in [0, 0.1) is 10.1 Å². The standard InChI is InChI=1S/C32H31BrN4O6S/c1-2-34-32(39)30(20-24-11-5-3-6-12-24)35(22-25-13-9-14-26(33)19-25)31(38)23-36(27-15-10-16-28(21-27)37(40)41)44(42,43)29-17-7-4-8-18-29/h3-19,21,30H,2,20,22-23H2,1H3,(H,34,39)/t30-/m1/s1. The summed E-state index contributed by atoms with van der Waals surface area (Å²) in [6.07, 6.45) is 0.175. The number of nitrogens with one attached hydrogen (secondary N) is 1. The van der Waals surface area contributed by atoms with E-state index in [0.717, 1.165) is 20.4 Å². The number of nitro benzene ring substituents is 1. The number of non-ortho nitro benzene ring substituents is 1. The van der Waals surface area contributed by atoms with E-state index in [1.807, 2.05) is 42.5 Å². The van der Waals surface area contributed by atoms with Crippen molar-refractivity contribution in [2.75, 3.05) is 17.4 Å². The molecule has 0 saturated heterocycles. The van der Waals surface area contributed by atoms with Gasteiger partial charge in [0.15, 0.2) is 0 Å². The second-order valence-corrected chi connectivity index (χ2v) is 12.6. The van der Waals surface area contributed by atoms with Crippen LogP contribution in [0.5, 0.6) is 0 Å². The number of nitro groups is 1. The number of nitrogens with zero attached hydrogens (tertiary/aromatic N) is 3. The third-order valence-corrected chi connectivity index (χ3v) is 9.08. The summed E-state index contributed by atoms with van der Waals surface area (Å²) in [6, 6.07) is 28.1. The van der Waals surface area contributed by atoms with Gasteiger partial charge in [0.2, 0.25) is 11.8 Å². The Kier molecular flexibility index (Phi) is 10.9. The molecule has 1 N–H and O–H groups in total. The summed E-state index contributed by atoms with van der Waals surface area (Å²) in [5.74, 6) is -1.06. The van der Waals surface area contributed by atoms with Crippen LogP contribution in [0.1, 0.15) is 18.1 Å². The van der Waals surface area contributed by atoms with Gasteiger partial charge in [-0.1, -0.05) is 82.7 Å². The molecule has 10 nitrogen and oxygen atoms in total. The van der Waals surface area contributed by atoms with Crippen LogP contribution in [0.25, 0.3) is 0 Å². The van der Waals surface area contributed by atoms with Crippen LogP contribution in [-0.4, -0.2) is 49.2 Å². The van der Waals surface area contributed by atoms with Gasteiger partial charge in [0.05, 0.1) is 15.5 Å². The quantitative estimate of drug-likeness (QED) is 0.150. The molecule has 0 spiro atoms. The normalized spacial score (nSPS) is 11.8. The average Bonchev–Trinajstić information content (AvgIpc) is 3.02. The Bertz CT molecular complexity index is 1720. The molecule has 0 aromatic heterocycles. The molecule has 0 aliphatic carbocycles. The molecule has 0 saturated carbocycles. The molecular weight excluding hydrogens is 648 g/mol. The van der Waals surface area contributed by atoms with Gasteiger partial charge < -0.3 is 10.2 Å². The zero-order valence-corrected chi connectivity index (χ0v) is 26.3. The largest absolute Gasteiger partial charge is 0.355 e. The predicted molar refractivity (Wildman–Crippen MR) is 171 cm³/mol. The first-order chi connectivity index (χ1) is 21.1. The van der Waals surface area contributed by atoms with E-state index in [0.29, 0.717) is 12.1 Å². The van der Waals surface area contributed by atoms with Crippen LogP contribution >= 0.6 is 15.9 Å². The van der Waals surface area contributed by atoms with E-state index >= 15 is 0 Å². The summed E-state index contributed by atoms with van der Waals surface area (Å²) in [4.78, 5) is 40.1. The summed E-state index contributed by atoms with van der Waals surface area (Å²) in [6.45, 7) is 1.39. The van der Waals surface area contributed by atoms with Crippen molar-refractivity contribution in [1.29, 1.82) is 0 Å². The van der Waals surface area contributed by atoms with Crippen LogP contribution in [0.3, 0.4) is 0 Å². The first kappa shape index (κ1) is 32.4. The van der Waals surface area contributed by atoms with Crippen LogP contribution in [0.15, 0.2) is 119 Å². The maximum absolute atomic E-state index is 14.3. The van der Waals surface area contributed by atoms with Crippen LogP contribution in [-0.2, 0) is 32.6 Å². The molecule has 0 unspecified atom stereocenters. The molecule has 228 valence electrons. The highest BCUT2D eigenvalue weighted by molar-refractivity contribution is 9.10. The predicted octanol–water partition coefficient (Wildman–Crippen LogP) is 5.33. The van der Waals surface area contributed by atoms with Gasteiger partial charge in [-0.05, 0) is 48.4 Å². The molecule has 4 aromatic rings. The fraction of sp³-hybridized carbons (Fsp3) is 0.188. The van der Waals surface area contributed by atoms with Gasteiger partial charge in [0.25, 0.3) is 15.7 Å². The number of likely N-dealkylation sites (N-methyl/N-ethyl adjacent to an activating group) is 1. The number of carbonyl (C=O) groups is 2. The van der Waals surface area contributed by atoms with Crippen molar-refractivity contribution in [1.82, 2.24) is 10.2 Å². The minimum atomic E-state index is -4.36. The molecule has 0 aliphatic heterocycles. The minimum Gasteiger partial charge on any atom is -0.355 e. The summed E-state index contributed by atoms with van der Waals surface area (Å²) < 4.78 is 29.6. The van der Waals surface area contributed by atoms with E-state index in [9.17, 15) is 28.1 Å². The van der Waals surface area contributed by atoms with E-state index in [2.05, 4.69) is 21.2 Å². The number of benzene rings is 4. The monoisotopic (exact) mass is 678 g/mol. The highest BCUT2D eigenvalue weighted by Gasteiger charge is 2.35. The molecule has 0 radical (unpaired) electrons. The van der Waals surface area contributed by atoms with E-state index in [1.165, 1.54) is 35.2 Å². The molecule has 1 atom stereocenters. The van der Waals surface area contributed by atoms with Gasteiger partial charge in [-0.15, -0.1) is 0 Å².